The molecule has 0 saturated carbocycles. The molecule has 3 rings (SSSR count). The molecule has 31 heavy (non-hydrogen) atoms. The highest BCUT2D eigenvalue weighted by Gasteiger charge is 2.26. The minimum atomic E-state index is -3.78. The summed E-state index contributed by atoms with van der Waals surface area (Å²) in [7, 11) is -3.78. The first-order valence-electron chi connectivity index (χ1n) is 10.3. The molecule has 0 aliphatic carbocycles. The zero-order valence-corrected chi connectivity index (χ0v) is 18.8. The Hall–Kier alpha value is -2.87. The molecule has 1 heterocycles. The van der Waals surface area contributed by atoms with Crippen LogP contribution in [0.15, 0.2) is 53.4 Å². The van der Waals surface area contributed by atoms with Crippen LogP contribution in [0.1, 0.15) is 36.2 Å². The molecule has 2 atom stereocenters. The predicted octanol–water partition coefficient (Wildman–Crippen LogP) is 3.46. The molecule has 0 aromatic heterocycles. The normalized spacial score (nSPS) is 19.0. The van der Waals surface area contributed by atoms with E-state index in [2.05, 4.69) is 18.6 Å². The van der Waals surface area contributed by atoms with Crippen molar-refractivity contribution in [2.24, 2.45) is 11.8 Å². The third-order valence-electron chi connectivity index (χ3n) is 5.25. The van der Waals surface area contributed by atoms with E-state index in [9.17, 15) is 18.0 Å². The highest BCUT2D eigenvalue weighted by Crippen LogP contribution is 2.21. The van der Waals surface area contributed by atoms with E-state index in [0.29, 0.717) is 30.6 Å². The van der Waals surface area contributed by atoms with Gasteiger partial charge in [-0.3, -0.25) is 9.52 Å². The molecule has 1 fully saturated rings. The molecule has 166 valence electrons. The predicted molar refractivity (Wildman–Crippen MR) is 118 cm³/mol. The van der Waals surface area contributed by atoms with Crippen molar-refractivity contribution in [2.45, 2.75) is 32.1 Å². The molecule has 2 aromatic rings. The number of sulfonamides is 1. The maximum absolute atomic E-state index is 12.5. The Bertz CT molecular complexity index is 1020. The van der Waals surface area contributed by atoms with E-state index in [1.165, 1.54) is 24.3 Å². The van der Waals surface area contributed by atoms with Gasteiger partial charge in [-0.15, -0.1) is 0 Å². The van der Waals surface area contributed by atoms with Gasteiger partial charge in [0.05, 0.1) is 10.5 Å². The highest BCUT2D eigenvalue weighted by atomic mass is 32.2. The summed E-state index contributed by atoms with van der Waals surface area (Å²) in [5.74, 6) is -0.0343. The van der Waals surface area contributed by atoms with Crippen molar-refractivity contribution in [1.29, 1.82) is 0 Å². The van der Waals surface area contributed by atoms with Crippen LogP contribution >= 0.6 is 0 Å². The molecular weight excluding hydrogens is 416 g/mol. The zero-order chi connectivity index (χ0) is 22.6. The van der Waals surface area contributed by atoms with Gasteiger partial charge in [0.2, 0.25) is 0 Å². The highest BCUT2D eigenvalue weighted by molar-refractivity contribution is 7.92. The lowest BCUT2D eigenvalue weighted by atomic mass is 9.92. The number of nitrogens with zero attached hydrogens (tertiary/aromatic N) is 1. The van der Waals surface area contributed by atoms with Crippen molar-refractivity contribution in [3.05, 3.63) is 59.7 Å². The van der Waals surface area contributed by atoms with Gasteiger partial charge in [-0.1, -0.05) is 31.5 Å². The van der Waals surface area contributed by atoms with Crippen LogP contribution in [-0.4, -0.2) is 44.9 Å². The van der Waals surface area contributed by atoms with Gasteiger partial charge in [-0.05, 0) is 61.6 Å². The van der Waals surface area contributed by atoms with E-state index >= 15 is 0 Å². The van der Waals surface area contributed by atoms with E-state index in [1.807, 2.05) is 19.1 Å². The number of hydrogen-bond acceptors (Lipinski definition) is 5. The van der Waals surface area contributed by atoms with Crippen LogP contribution in [0.3, 0.4) is 0 Å². The summed E-state index contributed by atoms with van der Waals surface area (Å²) in [5.41, 5.74) is 1.66. The molecular formula is C23H28N2O5S. The lowest BCUT2D eigenvalue weighted by Crippen LogP contribution is -2.44. The van der Waals surface area contributed by atoms with Crippen molar-refractivity contribution in [3.8, 4) is 0 Å². The molecule has 0 unspecified atom stereocenters. The second kappa shape index (κ2) is 9.51. The minimum absolute atomic E-state index is 0.0250. The summed E-state index contributed by atoms with van der Waals surface area (Å²) >= 11 is 0. The lowest BCUT2D eigenvalue weighted by molar-refractivity contribution is -0.137. The molecule has 1 N–H and O–H groups in total. The molecule has 1 saturated heterocycles. The third-order valence-corrected chi connectivity index (χ3v) is 6.65. The summed E-state index contributed by atoms with van der Waals surface area (Å²) in [5, 5.41) is 0. The topological polar surface area (TPSA) is 92.8 Å². The van der Waals surface area contributed by atoms with Crippen LogP contribution < -0.4 is 4.72 Å². The smallest absolute Gasteiger partial charge is 0.338 e. The average molecular weight is 445 g/mol. The quantitative estimate of drug-likeness (QED) is 0.689. The van der Waals surface area contributed by atoms with Gasteiger partial charge in [-0.25, -0.2) is 13.2 Å². The first-order valence-corrected chi connectivity index (χ1v) is 11.8. The number of hydrogen-bond donors (Lipinski definition) is 1. The van der Waals surface area contributed by atoms with Crippen LogP contribution in [0.4, 0.5) is 5.69 Å². The van der Waals surface area contributed by atoms with Crippen molar-refractivity contribution in [1.82, 2.24) is 4.90 Å². The van der Waals surface area contributed by atoms with Crippen LogP contribution in [-0.2, 0) is 19.6 Å². The van der Waals surface area contributed by atoms with Crippen LogP contribution in [0, 0.1) is 18.8 Å². The molecule has 1 aliphatic heterocycles. The van der Waals surface area contributed by atoms with Gasteiger partial charge >= 0.3 is 5.97 Å². The molecule has 8 heteroatoms. The number of nitrogens with one attached hydrogen (secondary N) is 1. The Morgan fingerprint density at radius 3 is 2.16 bits per heavy atom. The monoisotopic (exact) mass is 444 g/mol. The Balaban J connectivity index is 1.58. The molecule has 1 amide bonds. The first kappa shape index (κ1) is 22.8. The van der Waals surface area contributed by atoms with Gasteiger partial charge in [0.25, 0.3) is 15.9 Å². The van der Waals surface area contributed by atoms with Gasteiger partial charge in [0, 0.05) is 18.8 Å². The second-order valence-corrected chi connectivity index (χ2v) is 10.00. The number of carbonyl (C=O) groups excluding carboxylic acids is 2. The summed E-state index contributed by atoms with van der Waals surface area (Å²) in [4.78, 5) is 26.4. The van der Waals surface area contributed by atoms with Gasteiger partial charge in [-0.2, -0.15) is 0 Å². The maximum Gasteiger partial charge on any atom is 0.338 e. The Labute approximate surface area is 183 Å². The first-order chi connectivity index (χ1) is 14.6. The second-order valence-electron chi connectivity index (χ2n) is 8.32. The number of rotatable bonds is 6. The van der Waals surface area contributed by atoms with Crippen molar-refractivity contribution in [2.75, 3.05) is 24.4 Å². The standard InChI is InChI=1S/C23H28N2O5S/c1-16-4-8-20(9-5-16)24-31(28,29)21-10-6-19(7-11-21)23(27)30-15-22(26)25-13-17(2)12-18(3)14-25/h4-11,17-18,24H,12-15H2,1-3H3/t17-,18+. The fourth-order valence-electron chi connectivity index (χ4n) is 3.77. The molecule has 0 radical (unpaired) electrons. The fourth-order valence-corrected chi connectivity index (χ4v) is 4.83. The van der Waals surface area contributed by atoms with E-state index < -0.39 is 16.0 Å². The molecule has 2 aromatic carbocycles. The van der Waals surface area contributed by atoms with Crippen molar-refractivity contribution < 1.29 is 22.7 Å². The maximum atomic E-state index is 12.5. The average Bonchev–Trinajstić information content (AvgIpc) is 2.72. The molecule has 1 aliphatic rings. The molecule has 0 spiro atoms. The number of aryl methyl sites for hydroxylation is 1. The van der Waals surface area contributed by atoms with E-state index in [0.717, 1.165) is 12.0 Å². The number of amides is 1. The number of esters is 1. The summed E-state index contributed by atoms with van der Waals surface area (Å²) < 4.78 is 32.7. The molecule has 0 bridgehead atoms. The Morgan fingerprint density at radius 2 is 1.58 bits per heavy atom. The van der Waals surface area contributed by atoms with Crippen LogP contribution in [0.5, 0.6) is 0 Å². The Morgan fingerprint density at radius 1 is 1.00 bits per heavy atom. The minimum Gasteiger partial charge on any atom is -0.452 e. The number of likely N-dealkylation sites (tertiary alicyclic amines) is 1. The summed E-state index contributed by atoms with van der Waals surface area (Å²) in [6.45, 7) is 7.13. The van der Waals surface area contributed by atoms with E-state index in [1.54, 1.807) is 17.0 Å². The van der Waals surface area contributed by atoms with Crippen LogP contribution in [0.25, 0.3) is 0 Å². The lowest BCUT2D eigenvalue weighted by Gasteiger charge is -2.34. The van der Waals surface area contributed by atoms with Gasteiger partial charge in [0.1, 0.15) is 0 Å². The van der Waals surface area contributed by atoms with Crippen molar-refractivity contribution in [3.63, 3.8) is 0 Å². The zero-order valence-electron chi connectivity index (χ0n) is 18.0. The number of piperidine rings is 1. The van der Waals surface area contributed by atoms with Crippen molar-refractivity contribution >= 4 is 27.6 Å². The Kier molecular flexibility index (Phi) is 7.00. The molecule has 7 nitrogen and oxygen atoms in total. The SMILES string of the molecule is Cc1ccc(NS(=O)(=O)c2ccc(C(=O)OCC(=O)N3C[C@H](C)C[C@H](C)C3)cc2)cc1. The number of benzene rings is 2. The summed E-state index contributed by atoms with van der Waals surface area (Å²) in [6, 6.07) is 12.4. The number of anilines is 1. The summed E-state index contributed by atoms with van der Waals surface area (Å²) in [6.07, 6.45) is 1.08. The number of ether oxygens (including phenoxy) is 1. The largest absolute Gasteiger partial charge is 0.452 e. The fraction of sp³-hybridized carbons (Fsp3) is 0.391. The van der Waals surface area contributed by atoms with E-state index in [4.69, 9.17) is 4.74 Å². The third kappa shape index (κ3) is 6.07. The van der Waals surface area contributed by atoms with Gasteiger partial charge < -0.3 is 9.64 Å². The van der Waals surface area contributed by atoms with Gasteiger partial charge in [0.15, 0.2) is 6.61 Å². The number of carbonyl (C=O) groups is 2. The van der Waals surface area contributed by atoms with E-state index in [-0.39, 0.29) is 23.0 Å². The van der Waals surface area contributed by atoms with Crippen LogP contribution in [0.2, 0.25) is 0 Å².